The van der Waals surface area contributed by atoms with Crippen LogP contribution in [0.15, 0.2) is 24.4 Å². The molecule has 1 fully saturated rings. The predicted molar refractivity (Wildman–Crippen MR) is 118 cm³/mol. The van der Waals surface area contributed by atoms with Gasteiger partial charge in [-0.15, -0.1) is 0 Å². The topological polar surface area (TPSA) is 88.6 Å². The molecule has 0 atom stereocenters. The van der Waals surface area contributed by atoms with Gasteiger partial charge in [0.15, 0.2) is 0 Å². The molecule has 2 heterocycles. The number of hydrogen-bond acceptors (Lipinski definition) is 7. The third kappa shape index (κ3) is 4.60. The van der Waals surface area contributed by atoms with Gasteiger partial charge in [0.2, 0.25) is 5.95 Å². The van der Waals surface area contributed by atoms with Gasteiger partial charge in [0.05, 0.1) is 37.7 Å². The molecule has 9 heteroatoms. The summed E-state index contributed by atoms with van der Waals surface area (Å²) >= 11 is 6.04. The van der Waals surface area contributed by atoms with Crippen molar-refractivity contribution in [3.8, 4) is 5.75 Å². The van der Waals surface area contributed by atoms with Crippen molar-refractivity contribution in [3.63, 3.8) is 0 Å². The van der Waals surface area contributed by atoms with E-state index in [9.17, 15) is 4.79 Å². The lowest BCUT2D eigenvalue weighted by Crippen LogP contribution is -2.53. The molecule has 0 saturated carbocycles. The van der Waals surface area contributed by atoms with Crippen LogP contribution in [0.5, 0.6) is 5.75 Å². The number of halogens is 1. The minimum Gasteiger partial charge on any atom is -0.495 e. The Bertz CT molecular complexity index is 904. The molecule has 1 aliphatic heterocycles. The lowest BCUT2D eigenvalue weighted by molar-refractivity contribution is -0.103. The van der Waals surface area contributed by atoms with Gasteiger partial charge in [-0.25, -0.2) is 4.98 Å². The first-order valence-corrected chi connectivity index (χ1v) is 10.4. The van der Waals surface area contributed by atoms with Crippen LogP contribution in [0.3, 0.4) is 0 Å². The summed E-state index contributed by atoms with van der Waals surface area (Å²) in [5.74, 6) is 1.37. The molecule has 162 valence electrons. The quantitative estimate of drug-likeness (QED) is 0.683. The number of amides is 1. The van der Waals surface area contributed by atoms with E-state index in [1.807, 2.05) is 4.90 Å². The van der Waals surface area contributed by atoms with E-state index in [1.165, 1.54) is 6.20 Å². The molecule has 8 nitrogen and oxygen atoms in total. The number of carbonyl (C=O) groups excluding carboxylic acids is 1. The summed E-state index contributed by atoms with van der Waals surface area (Å²) in [5, 5.41) is 6.45. The standard InChI is InChI=1S/C21H28ClN5O3/c1-5-21(6-2)13-27(9-10-30-21)19(28)14-7-8-16(17(11-14)29-4)25-20-24-12-15(22)18(23-3)26-20/h7-8,11-12H,5-6,9-10,13H2,1-4H3,(H2,23,24,25,26). The van der Waals surface area contributed by atoms with Crippen LogP contribution in [0.4, 0.5) is 17.5 Å². The molecule has 1 aromatic heterocycles. The smallest absolute Gasteiger partial charge is 0.254 e. The van der Waals surface area contributed by atoms with Gasteiger partial charge in [0.1, 0.15) is 16.6 Å². The molecule has 0 spiro atoms. The average molecular weight is 434 g/mol. The third-order valence-corrected chi connectivity index (χ3v) is 5.78. The van der Waals surface area contributed by atoms with Crippen molar-refractivity contribution in [2.24, 2.45) is 0 Å². The van der Waals surface area contributed by atoms with Gasteiger partial charge in [-0.05, 0) is 31.0 Å². The lowest BCUT2D eigenvalue weighted by Gasteiger charge is -2.42. The first kappa shape index (κ1) is 22.1. The molecule has 3 rings (SSSR count). The Kier molecular flexibility index (Phi) is 6.99. The summed E-state index contributed by atoms with van der Waals surface area (Å²) in [7, 11) is 3.29. The fourth-order valence-corrected chi connectivity index (χ4v) is 3.71. The highest BCUT2D eigenvalue weighted by Gasteiger charge is 2.35. The van der Waals surface area contributed by atoms with Gasteiger partial charge in [0, 0.05) is 19.2 Å². The molecule has 0 aliphatic carbocycles. The van der Waals surface area contributed by atoms with Crippen LogP contribution >= 0.6 is 11.6 Å². The maximum Gasteiger partial charge on any atom is 0.254 e. The van der Waals surface area contributed by atoms with E-state index in [2.05, 4.69) is 34.4 Å². The summed E-state index contributed by atoms with van der Waals surface area (Å²) in [4.78, 5) is 23.5. The van der Waals surface area contributed by atoms with Gasteiger partial charge in [-0.3, -0.25) is 4.79 Å². The predicted octanol–water partition coefficient (Wildman–Crippen LogP) is 3.96. The van der Waals surface area contributed by atoms with E-state index in [0.717, 1.165) is 12.8 Å². The summed E-state index contributed by atoms with van der Waals surface area (Å²) in [5.41, 5.74) is 0.946. The number of rotatable bonds is 7. The Morgan fingerprint density at radius 1 is 1.37 bits per heavy atom. The minimum atomic E-state index is -0.267. The van der Waals surface area contributed by atoms with Crippen molar-refractivity contribution in [2.75, 3.05) is 44.5 Å². The van der Waals surface area contributed by atoms with E-state index in [4.69, 9.17) is 21.1 Å². The third-order valence-electron chi connectivity index (χ3n) is 5.50. The number of ether oxygens (including phenoxy) is 2. The molecular formula is C21H28ClN5O3. The Labute approximate surface area is 181 Å². The second kappa shape index (κ2) is 9.49. The maximum atomic E-state index is 13.1. The number of morpholine rings is 1. The number of aromatic nitrogens is 2. The Balaban J connectivity index is 1.81. The monoisotopic (exact) mass is 433 g/mol. The lowest BCUT2D eigenvalue weighted by atomic mass is 9.94. The summed E-state index contributed by atoms with van der Waals surface area (Å²) in [6.45, 7) is 5.91. The largest absolute Gasteiger partial charge is 0.495 e. The van der Waals surface area contributed by atoms with Crippen LogP contribution in [0.1, 0.15) is 37.0 Å². The highest BCUT2D eigenvalue weighted by Crippen LogP contribution is 2.31. The second-order valence-electron chi connectivity index (χ2n) is 7.15. The minimum absolute atomic E-state index is 0.0327. The molecule has 0 unspecified atom stereocenters. The summed E-state index contributed by atoms with van der Waals surface area (Å²) in [6.07, 6.45) is 3.25. The number of carbonyl (C=O) groups is 1. The molecule has 1 saturated heterocycles. The molecular weight excluding hydrogens is 406 g/mol. The van der Waals surface area contributed by atoms with Crippen molar-refractivity contribution in [3.05, 3.63) is 35.0 Å². The number of benzene rings is 1. The van der Waals surface area contributed by atoms with Crippen LogP contribution < -0.4 is 15.4 Å². The SMILES string of the molecule is CCC1(CC)CN(C(=O)c2ccc(Nc3ncc(Cl)c(NC)n3)c(OC)c2)CCO1. The first-order chi connectivity index (χ1) is 14.4. The molecule has 1 aliphatic rings. The van der Waals surface area contributed by atoms with Crippen molar-refractivity contribution in [2.45, 2.75) is 32.3 Å². The molecule has 1 amide bonds. The van der Waals surface area contributed by atoms with Crippen LogP contribution in [0, 0.1) is 0 Å². The number of methoxy groups -OCH3 is 1. The van der Waals surface area contributed by atoms with E-state index in [0.29, 0.717) is 53.5 Å². The Morgan fingerprint density at radius 2 is 2.13 bits per heavy atom. The van der Waals surface area contributed by atoms with E-state index in [1.54, 1.807) is 32.4 Å². The summed E-state index contributed by atoms with van der Waals surface area (Å²) < 4.78 is 11.5. The van der Waals surface area contributed by atoms with Gasteiger partial charge in [-0.2, -0.15) is 4.98 Å². The maximum absolute atomic E-state index is 13.1. The Morgan fingerprint density at radius 3 is 2.80 bits per heavy atom. The van der Waals surface area contributed by atoms with Crippen LogP contribution in [0.2, 0.25) is 5.02 Å². The number of hydrogen-bond donors (Lipinski definition) is 2. The van der Waals surface area contributed by atoms with Crippen LogP contribution in [0.25, 0.3) is 0 Å². The number of nitrogens with zero attached hydrogens (tertiary/aromatic N) is 3. The molecule has 0 radical (unpaired) electrons. The van der Waals surface area contributed by atoms with Gasteiger partial charge in [-0.1, -0.05) is 25.4 Å². The van der Waals surface area contributed by atoms with E-state index < -0.39 is 0 Å². The first-order valence-electron chi connectivity index (χ1n) is 10.0. The van der Waals surface area contributed by atoms with Crippen molar-refractivity contribution < 1.29 is 14.3 Å². The van der Waals surface area contributed by atoms with Crippen LogP contribution in [-0.4, -0.2) is 60.2 Å². The molecule has 1 aromatic carbocycles. The average Bonchev–Trinajstić information content (AvgIpc) is 2.80. The van der Waals surface area contributed by atoms with Crippen molar-refractivity contribution in [1.82, 2.24) is 14.9 Å². The number of nitrogens with one attached hydrogen (secondary N) is 2. The molecule has 2 N–H and O–H groups in total. The zero-order valence-electron chi connectivity index (χ0n) is 17.8. The fourth-order valence-electron chi connectivity index (χ4n) is 3.53. The zero-order chi connectivity index (χ0) is 21.7. The van der Waals surface area contributed by atoms with Crippen LogP contribution in [-0.2, 0) is 4.74 Å². The van der Waals surface area contributed by atoms with E-state index >= 15 is 0 Å². The van der Waals surface area contributed by atoms with Gasteiger partial charge < -0.3 is 25.0 Å². The molecule has 2 aromatic rings. The molecule has 30 heavy (non-hydrogen) atoms. The fraction of sp³-hybridized carbons (Fsp3) is 0.476. The normalized spacial score (nSPS) is 15.6. The zero-order valence-corrected chi connectivity index (χ0v) is 18.5. The second-order valence-corrected chi connectivity index (χ2v) is 7.55. The summed E-state index contributed by atoms with van der Waals surface area (Å²) in [6, 6.07) is 5.29. The van der Waals surface area contributed by atoms with E-state index in [-0.39, 0.29) is 11.5 Å². The highest BCUT2D eigenvalue weighted by molar-refractivity contribution is 6.32. The highest BCUT2D eigenvalue weighted by atomic mass is 35.5. The van der Waals surface area contributed by atoms with Gasteiger partial charge >= 0.3 is 0 Å². The van der Waals surface area contributed by atoms with Crippen molar-refractivity contribution in [1.29, 1.82) is 0 Å². The van der Waals surface area contributed by atoms with Gasteiger partial charge in [0.25, 0.3) is 5.91 Å². The Hall–Kier alpha value is -2.58. The van der Waals surface area contributed by atoms with Crippen molar-refractivity contribution >= 4 is 35.0 Å². The molecule has 0 bridgehead atoms. The number of anilines is 3.